The molecule has 3 rings (SSSR count). The van der Waals surface area contributed by atoms with E-state index in [1.807, 2.05) is 6.07 Å². The van der Waals surface area contributed by atoms with Gasteiger partial charge >= 0.3 is 0 Å². The van der Waals surface area contributed by atoms with E-state index < -0.39 is 0 Å². The summed E-state index contributed by atoms with van der Waals surface area (Å²) in [6.45, 7) is 1.81. The van der Waals surface area contributed by atoms with Crippen molar-refractivity contribution in [2.45, 2.75) is 25.3 Å². The number of hydrogen-bond acceptors (Lipinski definition) is 4. The van der Waals surface area contributed by atoms with Crippen LogP contribution in [0.3, 0.4) is 0 Å². The minimum absolute atomic E-state index is 0.0127. The predicted molar refractivity (Wildman–Crippen MR) is 97.2 cm³/mol. The smallest absolute Gasteiger partial charge is 0.224 e. The zero-order valence-electron chi connectivity index (χ0n) is 13.9. The van der Waals surface area contributed by atoms with Crippen LogP contribution < -0.4 is 5.32 Å². The molecule has 2 N–H and O–H groups in total. The SMILES string of the molecule is CN1CCC[C@@H](CNC(=O)Cc2cccc(O)c2)[C@H]1c1cccs1. The number of aromatic hydroxyl groups is 1. The molecule has 0 unspecified atom stereocenters. The molecule has 2 heterocycles. The van der Waals surface area contributed by atoms with Gasteiger partial charge in [0.1, 0.15) is 5.75 Å². The Morgan fingerprint density at radius 3 is 3.00 bits per heavy atom. The zero-order chi connectivity index (χ0) is 16.9. The Morgan fingerprint density at radius 1 is 1.38 bits per heavy atom. The number of piperidine rings is 1. The van der Waals surface area contributed by atoms with E-state index in [1.54, 1.807) is 29.5 Å². The molecule has 2 atom stereocenters. The molecule has 4 nitrogen and oxygen atoms in total. The average molecular weight is 344 g/mol. The Morgan fingerprint density at radius 2 is 2.25 bits per heavy atom. The summed E-state index contributed by atoms with van der Waals surface area (Å²) in [5, 5.41) is 14.7. The van der Waals surface area contributed by atoms with Gasteiger partial charge in [-0.05, 0) is 61.5 Å². The average Bonchev–Trinajstić information content (AvgIpc) is 3.07. The third-order valence-electron chi connectivity index (χ3n) is 4.68. The Bertz CT molecular complexity index is 672. The number of phenols is 1. The van der Waals surface area contributed by atoms with Gasteiger partial charge in [0.2, 0.25) is 5.91 Å². The van der Waals surface area contributed by atoms with Crippen LogP contribution in [0.25, 0.3) is 0 Å². The van der Waals surface area contributed by atoms with Crippen molar-refractivity contribution in [1.29, 1.82) is 0 Å². The summed E-state index contributed by atoms with van der Waals surface area (Å²) in [5.74, 6) is 0.654. The Balaban J connectivity index is 1.59. The maximum absolute atomic E-state index is 12.2. The quantitative estimate of drug-likeness (QED) is 0.876. The number of carbonyl (C=O) groups excluding carboxylic acids is 1. The van der Waals surface area contributed by atoms with Crippen LogP contribution in [0.5, 0.6) is 5.75 Å². The summed E-state index contributed by atoms with van der Waals surface area (Å²) < 4.78 is 0. The molecular formula is C19H24N2O2S. The van der Waals surface area contributed by atoms with E-state index >= 15 is 0 Å². The third kappa shape index (κ3) is 4.16. The van der Waals surface area contributed by atoms with Crippen LogP contribution >= 0.6 is 11.3 Å². The second-order valence-electron chi connectivity index (χ2n) is 6.49. The first-order valence-electron chi connectivity index (χ1n) is 8.42. The molecule has 24 heavy (non-hydrogen) atoms. The molecule has 0 radical (unpaired) electrons. The molecule has 1 aromatic heterocycles. The van der Waals surface area contributed by atoms with Crippen LogP contribution in [0.1, 0.15) is 29.3 Å². The van der Waals surface area contributed by atoms with Gasteiger partial charge in [-0.25, -0.2) is 0 Å². The number of carbonyl (C=O) groups is 1. The van der Waals surface area contributed by atoms with Crippen molar-refractivity contribution in [1.82, 2.24) is 10.2 Å². The molecule has 1 amide bonds. The number of rotatable bonds is 5. The molecule has 1 aliphatic heterocycles. The standard InChI is InChI=1S/C19H24N2O2S/c1-21-9-3-6-15(19(21)17-8-4-10-24-17)13-20-18(23)12-14-5-2-7-16(22)11-14/h2,4-5,7-8,10-11,15,19,22H,3,6,9,12-13H2,1H3,(H,20,23)/t15-,19-/m0/s1. The Labute approximate surface area is 147 Å². The van der Waals surface area contributed by atoms with Crippen LogP contribution in [0.4, 0.5) is 0 Å². The Hall–Kier alpha value is -1.85. The number of nitrogens with zero attached hydrogens (tertiary/aromatic N) is 1. The molecule has 128 valence electrons. The van der Waals surface area contributed by atoms with E-state index in [9.17, 15) is 9.90 Å². The minimum atomic E-state index is 0.0127. The molecule has 1 fully saturated rings. The van der Waals surface area contributed by atoms with Crippen molar-refractivity contribution in [3.63, 3.8) is 0 Å². The maximum atomic E-state index is 12.2. The predicted octanol–water partition coefficient (Wildman–Crippen LogP) is 3.20. The van der Waals surface area contributed by atoms with Gasteiger partial charge in [0.05, 0.1) is 6.42 Å². The number of phenolic OH excluding ortho intramolecular Hbond substituents is 1. The van der Waals surface area contributed by atoms with E-state index in [0.717, 1.165) is 18.5 Å². The van der Waals surface area contributed by atoms with E-state index in [2.05, 4.69) is 34.8 Å². The van der Waals surface area contributed by atoms with Crippen LogP contribution in [0, 0.1) is 5.92 Å². The molecule has 0 aliphatic carbocycles. The lowest BCUT2D eigenvalue weighted by Crippen LogP contribution is -2.41. The highest BCUT2D eigenvalue weighted by Gasteiger charge is 2.31. The fourth-order valence-corrected chi connectivity index (χ4v) is 4.52. The number of benzene rings is 1. The van der Waals surface area contributed by atoms with E-state index in [1.165, 1.54) is 11.3 Å². The lowest BCUT2D eigenvalue weighted by atomic mass is 9.88. The first-order chi connectivity index (χ1) is 11.6. The molecule has 2 aromatic rings. The van der Waals surface area contributed by atoms with E-state index in [0.29, 0.717) is 24.9 Å². The van der Waals surface area contributed by atoms with Gasteiger partial charge in [0, 0.05) is 17.5 Å². The normalized spacial score (nSPS) is 21.5. The lowest BCUT2D eigenvalue weighted by Gasteiger charge is -2.38. The fraction of sp³-hybridized carbons (Fsp3) is 0.421. The van der Waals surface area contributed by atoms with Crippen molar-refractivity contribution in [2.75, 3.05) is 20.1 Å². The molecule has 1 aromatic carbocycles. The highest BCUT2D eigenvalue weighted by Crippen LogP contribution is 2.36. The summed E-state index contributed by atoms with van der Waals surface area (Å²) in [4.78, 5) is 16.0. The molecule has 0 saturated carbocycles. The number of hydrogen-bond donors (Lipinski definition) is 2. The largest absolute Gasteiger partial charge is 0.508 e. The minimum Gasteiger partial charge on any atom is -0.508 e. The van der Waals surface area contributed by atoms with Gasteiger partial charge in [0.25, 0.3) is 0 Å². The molecule has 5 heteroatoms. The topological polar surface area (TPSA) is 52.6 Å². The van der Waals surface area contributed by atoms with Crippen LogP contribution in [0.15, 0.2) is 41.8 Å². The summed E-state index contributed by atoms with van der Waals surface area (Å²) in [6, 6.07) is 11.6. The van der Waals surface area contributed by atoms with Crippen molar-refractivity contribution in [3.05, 3.63) is 52.2 Å². The molecule has 1 saturated heterocycles. The molecule has 0 bridgehead atoms. The van der Waals surface area contributed by atoms with Crippen molar-refractivity contribution in [3.8, 4) is 5.75 Å². The highest BCUT2D eigenvalue weighted by molar-refractivity contribution is 7.10. The number of thiophene rings is 1. The molecule has 1 aliphatic rings. The molecule has 0 spiro atoms. The van der Waals surface area contributed by atoms with E-state index in [4.69, 9.17) is 0 Å². The van der Waals surface area contributed by atoms with E-state index in [-0.39, 0.29) is 11.7 Å². The second kappa shape index (κ2) is 7.81. The summed E-state index contributed by atoms with van der Waals surface area (Å²) >= 11 is 1.79. The monoisotopic (exact) mass is 344 g/mol. The van der Waals surface area contributed by atoms with Crippen molar-refractivity contribution in [2.24, 2.45) is 5.92 Å². The Kier molecular flexibility index (Phi) is 5.53. The van der Waals surface area contributed by atoms with Crippen LogP contribution in [0.2, 0.25) is 0 Å². The van der Waals surface area contributed by atoms with Gasteiger partial charge in [-0.3, -0.25) is 9.69 Å². The first kappa shape index (κ1) is 17.0. The number of nitrogens with one attached hydrogen (secondary N) is 1. The maximum Gasteiger partial charge on any atom is 0.224 e. The van der Waals surface area contributed by atoms with Gasteiger partial charge in [-0.15, -0.1) is 11.3 Å². The van der Waals surface area contributed by atoms with Gasteiger partial charge in [0.15, 0.2) is 0 Å². The summed E-state index contributed by atoms with van der Waals surface area (Å²) in [5.41, 5.74) is 0.836. The summed E-state index contributed by atoms with van der Waals surface area (Å²) in [6.07, 6.45) is 2.62. The summed E-state index contributed by atoms with van der Waals surface area (Å²) in [7, 11) is 2.17. The van der Waals surface area contributed by atoms with Crippen LogP contribution in [-0.2, 0) is 11.2 Å². The lowest BCUT2D eigenvalue weighted by molar-refractivity contribution is -0.120. The second-order valence-corrected chi connectivity index (χ2v) is 7.47. The number of amides is 1. The van der Waals surface area contributed by atoms with Gasteiger partial charge < -0.3 is 10.4 Å². The zero-order valence-corrected chi connectivity index (χ0v) is 14.8. The highest BCUT2D eigenvalue weighted by atomic mass is 32.1. The van der Waals surface area contributed by atoms with Gasteiger partial charge in [-0.1, -0.05) is 18.2 Å². The van der Waals surface area contributed by atoms with Crippen molar-refractivity contribution >= 4 is 17.2 Å². The molecular weight excluding hydrogens is 320 g/mol. The third-order valence-corrected chi connectivity index (χ3v) is 5.62. The van der Waals surface area contributed by atoms with Gasteiger partial charge in [-0.2, -0.15) is 0 Å². The van der Waals surface area contributed by atoms with Crippen molar-refractivity contribution < 1.29 is 9.90 Å². The first-order valence-corrected chi connectivity index (χ1v) is 9.29. The van der Waals surface area contributed by atoms with Crippen LogP contribution in [-0.4, -0.2) is 36.1 Å². The number of likely N-dealkylation sites (tertiary alicyclic amines) is 1. The fourth-order valence-electron chi connectivity index (χ4n) is 3.54.